The van der Waals surface area contributed by atoms with Gasteiger partial charge in [0.15, 0.2) is 0 Å². The number of esters is 1. The second-order valence-electron chi connectivity index (χ2n) is 4.34. The molecule has 0 spiro atoms. The van der Waals surface area contributed by atoms with E-state index in [2.05, 4.69) is 0 Å². The van der Waals surface area contributed by atoms with Crippen LogP contribution in [-0.2, 0) is 9.53 Å². The minimum Gasteiger partial charge on any atom is -0.508 e. The molecule has 19 heavy (non-hydrogen) atoms. The monoisotopic (exact) mass is 259 g/mol. The third-order valence-corrected chi connectivity index (χ3v) is 3.01. The van der Waals surface area contributed by atoms with E-state index in [-0.39, 0.29) is 18.1 Å². The molecule has 0 radical (unpaired) electrons. The van der Waals surface area contributed by atoms with Crippen molar-refractivity contribution in [3.8, 4) is 5.75 Å². The molecule has 0 bridgehead atoms. The highest BCUT2D eigenvalue weighted by atomic mass is 16.5. The molecule has 2 rings (SSSR count). The van der Waals surface area contributed by atoms with Gasteiger partial charge in [-0.2, -0.15) is 0 Å². The Morgan fingerprint density at radius 3 is 2.79 bits per heavy atom. The van der Waals surface area contributed by atoms with E-state index >= 15 is 0 Å². The van der Waals surface area contributed by atoms with Crippen molar-refractivity contribution in [2.24, 2.45) is 5.73 Å². The number of phenolic OH excluding ortho intramolecular Hbond substituents is 1. The third-order valence-electron chi connectivity index (χ3n) is 3.01. The van der Waals surface area contributed by atoms with Crippen LogP contribution in [0.25, 0.3) is 10.8 Å². The minimum atomic E-state index is -0.579. The van der Waals surface area contributed by atoms with Crippen LogP contribution in [0.4, 0.5) is 0 Å². The average molecular weight is 259 g/mol. The van der Waals surface area contributed by atoms with Gasteiger partial charge in [0.05, 0.1) is 13.0 Å². The zero-order chi connectivity index (χ0) is 13.8. The lowest BCUT2D eigenvalue weighted by atomic mass is 9.96. The molecule has 0 saturated carbocycles. The van der Waals surface area contributed by atoms with E-state index < -0.39 is 6.04 Å². The summed E-state index contributed by atoms with van der Waals surface area (Å²) in [7, 11) is 0. The van der Waals surface area contributed by atoms with E-state index in [1.807, 2.05) is 30.3 Å². The number of carbonyl (C=O) groups is 1. The van der Waals surface area contributed by atoms with Crippen LogP contribution in [0.1, 0.15) is 24.9 Å². The molecule has 0 unspecified atom stereocenters. The van der Waals surface area contributed by atoms with Gasteiger partial charge in [-0.1, -0.05) is 30.3 Å². The molecule has 1 atom stereocenters. The van der Waals surface area contributed by atoms with Crippen molar-refractivity contribution in [3.05, 3.63) is 42.0 Å². The Bertz CT molecular complexity index is 595. The van der Waals surface area contributed by atoms with Crippen molar-refractivity contribution >= 4 is 16.7 Å². The Morgan fingerprint density at radius 1 is 1.32 bits per heavy atom. The topological polar surface area (TPSA) is 72.5 Å². The molecule has 0 aliphatic heterocycles. The summed E-state index contributed by atoms with van der Waals surface area (Å²) in [5.41, 5.74) is 6.62. The molecular formula is C15H17NO3. The van der Waals surface area contributed by atoms with E-state index in [0.29, 0.717) is 12.2 Å². The Balaban J connectivity index is 2.38. The largest absolute Gasteiger partial charge is 0.508 e. The Morgan fingerprint density at radius 2 is 2.05 bits per heavy atom. The van der Waals surface area contributed by atoms with E-state index in [9.17, 15) is 9.90 Å². The highest BCUT2D eigenvalue weighted by molar-refractivity contribution is 5.88. The van der Waals surface area contributed by atoms with Crippen LogP contribution in [0, 0.1) is 0 Å². The van der Waals surface area contributed by atoms with Crippen LogP contribution in [0.3, 0.4) is 0 Å². The van der Waals surface area contributed by atoms with E-state index in [0.717, 1.165) is 10.8 Å². The number of nitrogens with two attached hydrogens (primary N) is 1. The van der Waals surface area contributed by atoms with Gasteiger partial charge in [0.1, 0.15) is 5.75 Å². The number of ether oxygens (including phenoxy) is 1. The molecule has 0 amide bonds. The zero-order valence-electron chi connectivity index (χ0n) is 10.8. The summed E-state index contributed by atoms with van der Waals surface area (Å²) in [6.45, 7) is 2.08. The molecule has 0 aliphatic rings. The maximum absolute atomic E-state index is 11.5. The second kappa shape index (κ2) is 5.71. The molecule has 2 aromatic rings. The van der Waals surface area contributed by atoms with Crippen molar-refractivity contribution in [1.29, 1.82) is 0 Å². The van der Waals surface area contributed by atoms with Gasteiger partial charge in [0.25, 0.3) is 0 Å². The third kappa shape index (κ3) is 2.85. The van der Waals surface area contributed by atoms with Crippen LogP contribution >= 0.6 is 0 Å². The Hall–Kier alpha value is -2.07. The number of hydrogen-bond donors (Lipinski definition) is 2. The molecule has 0 saturated heterocycles. The summed E-state index contributed by atoms with van der Waals surface area (Å²) in [5.74, 6) is -0.252. The number of hydrogen-bond acceptors (Lipinski definition) is 4. The van der Waals surface area contributed by atoms with Crippen molar-refractivity contribution in [3.63, 3.8) is 0 Å². The van der Waals surface area contributed by atoms with Gasteiger partial charge in [0.2, 0.25) is 0 Å². The van der Waals surface area contributed by atoms with Gasteiger partial charge in [-0.3, -0.25) is 4.79 Å². The first-order valence-electron chi connectivity index (χ1n) is 6.25. The zero-order valence-corrected chi connectivity index (χ0v) is 10.8. The summed E-state index contributed by atoms with van der Waals surface area (Å²) in [4.78, 5) is 11.5. The molecule has 0 fully saturated rings. The molecule has 0 aromatic heterocycles. The first-order chi connectivity index (χ1) is 9.13. The smallest absolute Gasteiger partial charge is 0.307 e. The fourth-order valence-corrected chi connectivity index (χ4v) is 2.18. The maximum Gasteiger partial charge on any atom is 0.307 e. The first kappa shape index (κ1) is 13.4. The SMILES string of the molecule is CCOC(=O)C[C@H](N)c1c(O)ccc2ccccc12. The van der Waals surface area contributed by atoms with Gasteiger partial charge in [-0.05, 0) is 23.8 Å². The number of carbonyl (C=O) groups excluding carboxylic acids is 1. The summed E-state index contributed by atoms with van der Waals surface area (Å²) < 4.78 is 4.89. The first-order valence-corrected chi connectivity index (χ1v) is 6.25. The van der Waals surface area contributed by atoms with Crippen LogP contribution in [0.5, 0.6) is 5.75 Å². The Kier molecular flexibility index (Phi) is 4.02. The van der Waals surface area contributed by atoms with Gasteiger partial charge in [-0.15, -0.1) is 0 Å². The van der Waals surface area contributed by atoms with Crippen LogP contribution in [-0.4, -0.2) is 17.7 Å². The summed E-state index contributed by atoms with van der Waals surface area (Å²) in [6.07, 6.45) is 0.0510. The standard InChI is InChI=1S/C15H17NO3/c1-2-19-14(18)9-12(16)15-11-6-4-3-5-10(11)7-8-13(15)17/h3-8,12,17H,2,9,16H2,1H3/t12-/m0/s1. The highest BCUT2D eigenvalue weighted by Crippen LogP contribution is 2.32. The lowest BCUT2D eigenvalue weighted by molar-refractivity contribution is -0.143. The average Bonchev–Trinajstić information content (AvgIpc) is 2.38. The fraction of sp³-hybridized carbons (Fsp3) is 0.267. The van der Waals surface area contributed by atoms with Crippen LogP contribution in [0.2, 0.25) is 0 Å². The summed E-state index contributed by atoms with van der Waals surface area (Å²) in [6, 6.07) is 10.5. The lowest BCUT2D eigenvalue weighted by Crippen LogP contribution is -2.17. The molecule has 3 N–H and O–H groups in total. The lowest BCUT2D eigenvalue weighted by Gasteiger charge is -2.15. The van der Waals surface area contributed by atoms with Gasteiger partial charge < -0.3 is 15.6 Å². The van der Waals surface area contributed by atoms with Crippen molar-refractivity contribution in [1.82, 2.24) is 0 Å². The molecule has 100 valence electrons. The van der Waals surface area contributed by atoms with Crippen LogP contribution < -0.4 is 5.73 Å². The predicted octanol–water partition coefficient (Wildman–Crippen LogP) is 2.50. The summed E-state index contributed by atoms with van der Waals surface area (Å²) in [5, 5.41) is 11.8. The minimum absolute atomic E-state index is 0.0510. The molecular weight excluding hydrogens is 242 g/mol. The molecule has 0 heterocycles. The molecule has 0 aliphatic carbocycles. The van der Waals surface area contributed by atoms with Crippen molar-refractivity contribution < 1.29 is 14.6 Å². The molecule has 2 aromatic carbocycles. The number of fused-ring (bicyclic) bond motifs is 1. The van der Waals surface area contributed by atoms with Crippen molar-refractivity contribution in [2.45, 2.75) is 19.4 Å². The summed E-state index contributed by atoms with van der Waals surface area (Å²) >= 11 is 0. The Labute approximate surface area is 111 Å². The molecule has 4 heteroatoms. The van der Waals surface area contributed by atoms with Gasteiger partial charge in [-0.25, -0.2) is 0 Å². The quantitative estimate of drug-likeness (QED) is 0.827. The maximum atomic E-state index is 11.5. The number of rotatable bonds is 4. The molecule has 4 nitrogen and oxygen atoms in total. The normalized spacial score (nSPS) is 12.3. The predicted molar refractivity (Wildman–Crippen MR) is 73.8 cm³/mol. The number of benzene rings is 2. The highest BCUT2D eigenvalue weighted by Gasteiger charge is 2.18. The van der Waals surface area contributed by atoms with E-state index in [4.69, 9.17) is 10.5 Å². The second-order valence-corrected chi connectivity index (χ2v) is 4.34. The number of phenols is 1. The van der Waals surface area contributed by atoms with E-state index in [1.54, 1.807) is 13.0 Å². The van der Waals surface area contributed by atoms with Gasteiger partial charge >= 0.3 is 5.97 Å². The number of aromatic hydroxyl groups is 1. The van der Waals surface area contributed by atoms with Crippen molar-refractivity contribution in [2.75, 3.05) is 6.61 Å². The van der Waals surface area contributed by atoms with E-state index in [1.165, 1.54) is 0 Å². The van der Waals surface area contributed by atoms with Crippen LogP contribution in [0.15, 0.2) is 36.4 Å². The fourth-order valence-electron chi connectivity index (χ4n) is 2.18. The van der Waals surface area contributed by atoms with Gasteiger partial charge in [0, 0.05) is 11.6 Å².